The van der Waals surface area contributed by atoms with E-state index in [4.69, 9.17) is 4.74 Å². The fourth-order valence-corrected chi connectivity index (χ4v) is 4.09. The number of ketones is 1. The summed E-state index contributed by atoms with van der Waals surface area (Å²) >= 11 is 1.75. The molecule has 0 aromatic heterocycles. The van der Waals surface area contributed by atoms with Crippen LogP contribution in [0.2, 0.25) is 0 Å². The highest BCUT2D eigenvalue weighted by molar-refractivity contribution is 7.99. The van der Waals surface area contributed by atoms with Crippen molar-refractivity contribution in [1.29, 1.82) is 0 Å². The zero-order valence-electron chi connectivity index (χ0n) is 13.9. The molecule has 0 radical (unpaired) electrons. The van der Waals surface area contributed by atoms with Crippen molar-refractivity contribution in [2.75, 3.05) is 7.11 Å². The van der Waals surface area contributed by atoms with E-state index in [0.29, 0.717) is 6.42 Å². The van der Waals surface area contributed by atoms with Gasteiger partial charge in [-0.2, -0.15) is 0 Å². The highest BCUT2D eigenvalue weighted by Gasteiger charge is 2.32. The normalized spacial score (nSPS) is 14.9. The lowest BCUT2D eigenvalue weighted by atomic mass is 9.92. The Morgan fingerprint density at radius 3 is 2.13 bits per heavy atom. The first-order valence-electron chi connectivity index (χ1n) is 7.99. The van der Waals surface area contributed by atoms with Crippen LogP contribution in [-0.4, -0.2) is 19.0 Å². The fourth-order valence-electron chi connectivity index (χ4n) is 2.71. The van der Waals surface area contributed by atoms with E-state index < -0.39 is 0 Å². The SMILES string of the molecule is CCC(=O)C(C)C(OC)C(Sc1ccccc1)c1ccccc1. The summed E-state index contributed by atoms with van der Waals surface area (Å²) in [4.78, 5) is 13.4. The van der Waals surface area contributed by atoms with Crippen LogP contribution in [0.15, 0.2) is 65.6 Å². The fraction of sp³-hybridized carbons (Fsp3) is 0.350. The Hall–Kier alpha value is -1.58. The Kier molecular flexibility index (Phi) is 6.87. The molecule has 0 amide bonds. The number of hydrogen-bond donors (Lipinski definition) is 0. The van der Waals surface area contributed by atoms with E-state index in [1.165, 1.54) is 10.5 Å². The second kappa shape index (κ2) is 8.90. The van der Waals surface area contributed by atoms with Gasteiger partial charge in [-0.3, -0.25) is 4.79 Å². The van der Waals surface area contributed by atoms with Crippen molar-refractivity contribution in [2.24, 2.45) is 5.92 Å². The zero-order valence-corrected chi connectivity index (χ0v) is 14.8. The summed E-state index contributed by atoms with van der Waals surface area (Å²) in [7, 11) is 1.70. The van der Waals surface area contributed by atoms with Crippen LogP contribution in [0.3, 0.4) is 0 Å². The summed E-state index contributed by atoms with van der Waals surface area (Å²) in [5.41, 5.74) is 1.18. The van der Waals surface area contributed by atoms with Crippen LogP contribution in [0.5, 0.6) is 0 Å². The molecule has 0 saturated heterocycles. The van der Waals surface area contributed by atoms with Gasteiger partial charge in [0.15, 0.2) is 0 Å². The van der Waals surface area contributed by atoms with Gasteiger partial charge in [0.2, 0.25) is 0 Å². The molecule has 2 aromatic carbocycles. The molecular formula is C20H24O2S. The van der Waals surface area contributed by atoms with Crippen LogP contribution in [0.4, 0.5) is 0 Å². The first-order chi connectivity index (χ1) is 11.2. The molecule has 0 aliphatic heterocycles. The number of Topliss-reactive ketones (excluding diaryl/α,β-unsaturated/α-hetero) is 1. The van der Waals surface area contributed by atoms with Gasteiger partial charge >= 0.3 is 0 Å². The number of carbonyl (C=O) groups excluding carboxylic acids is 1. The van der Waals surface area contributed by atoms with Gasteiger partial charge < -0.3 is 4.74 Å². The minimum Gasteiger partial charge on any atom is -0.379 e. The third-order valence-corrected chi connectivity index (χ3v) is 5.39. The van der Waals surface area contributed by atoms with Crippen LogP contribution in [0.1, 0.15) is 31.1 Å². The van der Waals surface area contributed by atoms with Gasteiger partial charge in [0.05, 0.1) is 11.4 Å². The number of hydrogen-bond acceptors (Lipinski definition) is 3. The van der Waals surface area contributed by atoms with Crippen LogP contribution in [0.25, 0.3) is 0 Å². The van der Waals surface area contributed by atoms with Gasteiger partial charge in [0, 0.05) is 24.3 Å². The molecule has 23 heavy (non-hydrogen) atoms. The average molecular weight is 328 g/mol. The predicted molar refractivity (Wildman–Crippen MR) is 96.7 cm³/mol. The number of thioether (sulfide) groups is 1. The van der Waals surface area contributed by atoms with Crippen molar-refractivity contribution in [1.82, 2.24) is 0 Å². The monoisotopic (exact) mass is 328 g/mol. The van der Waals surface area contributed by atoms with Gasteiger partial charge in [-0.15, -0.1) is 11.8 Å². The Morgan fingerprint density at radius 2 is 1.61 bits per heavy atom. The van der Waals surface area contributed by atoms with Gasteiger partial charge in [0.25, 0.3) is 0 Å². The Balaban J connectivity index is 2.33. The van der Waals surface area contributed by atoms with E-state index in [-0.39, 0.29) is 23.1 Å². The third kappa shape index (κ3) is 4.69. The molecule has 0 saturated carbocycles. The molecular weight excluding hydrogens is 304 g/mol. The first kappa shape index (κ1) is 17.8. The minimum absolute atomic E-state index is 0.0779. The lowest BCUT2D eigenvalue weighted by molar-refractivity contribution is -0.126. The number of benzene rings is 2. The minimum atomic E-state index is -0.157. The summed E-state index contributed by atoms with van der Waals surface area (Å²) in [6.07, 6.45) is 0.383. The molecule has 0 aliphatic rings. The van der Waals surface area contributed by atoms with E-state index in [1.54, 1.807) is 18.9 Å². The van der Waals surface area contributed by atoms with Crippen LogP contribution >= 0.6 is 11.8 Å². The largest absolute Gasteiger partial charge is 0.379 e. The van der Waals surface area contributed by atoms with Crippen LogP contribution in [-0.2, 0) is 9.53 Å². The molecule has 2 rings (SSSR count). The molecule has 3 heteroatoms. The van der Waals surface area contributed by atoms with Crippen molar-refractivity contribution in [3.8, 4) is 0 Å². The Bertz CT molecular complexity index is 598. The molecule has 0 fully saturated rings. The highest BCUT2D eigenvalue weighted by atomic mass is 32.2. The quantitative estimate of drug-likeness (QED) is 0.627. The molecule has 0 aliphatic carbocycles. The summed E-state index contributed by atoms with van der Waals surface area (Å²) in [6.45, 7) is 3.88. The van der Waals surface area contributed by atoms with Gasteiger partial charge in [-0.1, -0.05) is 62.4 Å². The predicted octanol–water partition coefficient (Wildman–Crippen LogP) is 5.15. The van der Waals surface area contributed by atoms with E-state index >= 15 is 0 Å². The van der Waals surface area contributed by atoms with Gasteiger partial charge in [0.1, 0.15) is 5.78 Å². The smallest absolute Gasteiger partial charge is 0.138 e. The van der Waals surface area contributed by atoms with E-state index in [2.05, 4.69) is 24.3 Å². The van der Waals surface area contributed by atoms with E-state index in [1.807, 2.05) is 50.2 Å². The van der Waals surface area contributed by atoms with Crippen LogP contribution < -0.4 is 0 Å². The van der Waals surface area contributed by atoms with Crippen molar-refractivity contribution in [2.45, 2.75) is 36.5 Å². The van der Waals surface area contributed by atoms with Crippen molar-refractivity contribution in [3.05, 3.63) is 66.2 Å². The summed E-state index contributed by atoms with van der Waals surface area (Å²) in [6, 6.07) is 20.6. The third-order valence-electron chi connectivity index (χ3n) is 4.05. The zero-order chi connectivity index (χ0) is 16.7. The lowest BCUT2D eigenvalue weighted by Crippen LogP contribution is -2.31. The number of ether oxygens (including phenoxy) is 1. The maximum Gasteiger partial charge on any atom is 0.138 e. The second-order valence-corrected chi connectivity index (χ2v) is 6.79. The summed E-state index contributed by atoms with van der Waals surface area (Å²) in [5.74, 6) is 0.109. The summed E-state index contributed by atoms with van der Waals surface area (Å²) in [5, 5.41) is 0.0779. The van der Waals surface area contributed by atoms with Crippen molar-refractivity contribution < 1.29 is 9.53 Å². The average Bonchev–Trinajstić information content (AvgIpc) is 2.62. The van der Waals surface area contributed by atoms with E-state index in [0.717, 1.165) is 0 Å². The number of methoxy groups -OCH3 is 1. The number of rotatable bonds is 8. The summed E-state index contributed by atoms with van der Waals surface area (Å²) < 4.78 is 5.78. The first-order valence-corrected chi connectivity index (χ1v) is 8.87. The topological polar surface area (TPSA) is 26.3 Å². The van der Waals surface area contributed by atoms with Gasteiger partial charge in [-0.05, 0) is 17.7 Å². The second-order valence-electron chi connectivity index (χ2n) is 5.57. The van der Waals surface area contributed by atoms with Gasteiger partial charge in [-0.25, -0.2) is 0 Å². The van der Waals surface area contributed by atoms with Crippen molar-refractivity contribution in [3.63, 3.8) is 0 Å². The molecule has 0 bridgehead atoms. The molecule has 0 heterocycles. The molecule has 2 nitrogen and oxygen atoms in total. The molecule has 3 atom stereocenters. The molecule has 0 spiro atoms. The highest BCUT2D eigenvalue weighted by Crippen LogP contribution is 2.41. The van der Waals surface area contributed by atoms with E-state index in [9.17, 15) is 4.79 Å². The molecule has 122 valence electrons. The maximum absolute atomic E-state index is 12.2. The lowest BCUT2D eigenvalue weighted by Gasteiger charge is -2.30. The Labute approximate surface area is 143 Å². The molecule has 2 aromatic rings. The molecule has 0 N–H and O–H groups in total. The Morgan fingerprint density at radius 1 is 1.04 bits per heavy atom. The number of carbonyl (C=O) groups is 1. The molecule has 3 unspecified atom stereocenters. The standard InChI is InChI=1S/C20H24O2S/c1-4-18(21)15(2)19(22-3)20(16-11-7-5-8-12-16)23-17-13-9-6-10-14-17/h5-15,19-20H,4H2,1-3H3. The van der Waals surface area contributed by atoms with Crippen LogP contribution in [0, 0.1) is 5.92 Å². The maximum atomic E-state index is 12.2. The van der Waals surface area contributed by atoms with Crippen molar-refractivity contribution >= 4 is 17.5 Å².